The second-order valence-electron chi connectivity index (χ2n) is 4.71. The van der Waals surface area contributed by atoms with Crippen molar-refractivity contribution in [2.75, 3.05) is 6.61 Å². The van der Waals surface area contributed by atoms with Crippen LogP contribution in [0.15, 0.2) is 36.4 Å². The highest BCUT2D eigenvalue weighted by Crippen LogP contribution is 2.35. The van der Waals surface area contributed by atoms with E-state index < -0.39 is 24.7 Å². The summed E-state index contributed by atoms with van der Waals surface area (Å²) in [5, 5.41) is 12.9. The predicted molar refractivity (Wildman–Crippen MR) is 75.0 cm³/mol. The number of phenolic OH excluding ortho intramolecular Hbond substituents is 1. The Hall–Kier alpha value is -2.08. The lowest BCUT2D eigenvalue weighted by Crippen LogP contribution is -2.49. The number of aromatic hydroxyl groups is 1. The fraction of sp³-hybridized carbons (Fsp3) is 0.214. The minimum Gasteiger partial charge on any atom is -0.508 e. The number of hydrogen-bond donors (Lipinski definition) is 2. The molecule has 0 saturated carbocycles. The maximum atomic E-state index is 13.8. The summed E-state index contributed by atoms with van der Waals surface area (Å²) >= 11 is 0. The van der Waals surface area contributed by atoms with Crippen molar-refractivity contribution in [2.24, 2.45) is 0 Å². The smallest absolute Gasteiger partial charge is 0.408 e. The second kappa shape index (κ2) is 5.37. The first-order chi connectivity index (χ1) is 9.45. The van der Waals surface area contributed by atoms with Crippen molar-refractivity contribution in [1.29, 1.82) is 0 Å². The molecule has 112 valence electrons. The molecule has 3 rings (SSSR count). The first-order valence-corrected chi connectivity index (χ1v) is 5.99. The van der Waals surface area contributed by atoms with Gasteiger partial charge < -0.3 is 15.2 Å². The summed E-state index contributed by atoms with van der Waals surface area (Å²) < 4.78 is 31.9. The van der Waals surface area contributed by atoms with E-state index >= 15 is 0 Å². The molecular formula is C14H12ClF2NO3. The molecule has 0 spiro atoms. The predicted octanol–water partition coefficient (Wildman–Crippen LogP) is 3.38. The molecule has 4 nitrogen and oxygen atoms in total. The molecule has 1 atom stereocenters. The van der Waals surface area contributed by atoms with E-state index in [1.165, 1.54) is 12.1 Å². The molecule has 2 N–H and O–H groups in total. The van der Waals surface area contributed by atoms with Crippen LogP contribution in [0.4, 0.5) is 13.6 Å². The third-order valence-corrected chi connectivity index (χ3v) is 3.26. The van der Waals surface area contributed by atoms with Crippen LogP contribution in [-0.2, 0) is 4.74 Å². The van der Waals surface area contributed by atoms with Gasteiger partial charge in [0.1, 0.15) is 11.8 Å². The normalized spacial score (nSPS) is 20.3. The summed E-state index contributed by atoms with van der Waals surface area (Å²) in [6, 6.07) is 7.94. The Morgan fingerprint density at radius 3 is 2.62 bits per heavy atom. The van der Waals surface area contributed by atoms with E-state index in [2.05, 4.69) is 10.1 Å². The molecule has 2 aromatic carbocycles. The van der Waals surface area contributed by atoms with E-state index in [9.17, 15) is 18.7 Å². The van der Waals surface area contributed by atoms with Gasteiger partial charge in [-0.3, -0.25) is 0 Å². The molecule has 1 heterocycles. The van der Waals surface area contributed by atoms with Crippen molar-refractivity contribution in [1.82, 2.24) is 5.32 Å². The number of rotatable bonds is 1. The van der Waals surface area contributed by atoms with Crippen molar-refractivity contribution in [3.63, 3.8) is 0 Å². The fourth-order valence-corrected chi connectivity index (χ4v) is 2.27. The lowest BCUT2D eigenvalue weighted by molar-refractivity contribution is -0.104. The largest absolute Gasteiger partial charge is 0.508 e. The summed E-state index contributed by atoms with van der Waals surface area (Å²) in [6.07, 6.45) is -0.855. The molecule has 1 amide bonds. The van der Waals surface area contributed by atoms with Gasteiger partial charge in [0.15, 0.2) is 6.61 Å². The van der Waals surface area contributed by atoms with Crippen molar-refractivity contribution in [3.05, 3.63) is 42.0 Å². The van der Waals surface area contributed by atoms with Crippen LogP contribution >= 0.6 is 12.4 Å². The molecule has 1 aliphatic rings. The SMILES string of the molecule is Cl.O=C1N[C@@H](c2ccc3cc(O)ccc3c2)C(F)(F)CO1. The highest BCUT2D eigenvalue weighted by atomic mass is 35.5. The number of amides is 1. The van der Waals surface area contributed by atoms with E-state index in [1.54, 1.807) is 24.3 Å². The molecule has 7 heteroatoms. The number of fused-ring (bicyclic) bond motifs is 1. The lowest BCUT2D eigenvalue weighted by Gasteiger charge is -2.31. The molecule has 0 bridgehead atoms. The Balaban J connectivity index is 0.00000161. The van der Waals surface area contributed by atoms with E-state index in [0.717, 1.165) is 5.39 Å². The number of cyclic esters (lactones) is 1. The van der Waals surface area contributed by atoms with Crippen LogP contribution in [0.1, 0.15) is 11.6 Å². The van der Waals surface area contributed by atoms with Crippen molar-refractivity contribution in [2.45, 2.75) is 12.0 Å². The molecule has 1 saturated heterocycles. The van der Waals surface area contributed by atoms with Crippen LogP contribution in [0.3, 0.4) is 0 Å². The van der Waals surface area contributed by atoms with Crippen LogP contribution in [0.2, 0.25) is 0 Å². The number of hydrogen-bond acceptors (Lipinski definition) is 3. The van der Waals surface area contributed by atoms with Gasteiger partial charge in [-0.25, -0.2) is 13.6 Å². The summed E-state index contributed by atoms with van der Waals surface area (Å²) in [7, 11) is 0. The number of halogens is 3. The zero-order valence-corrected chi connectivity index (χ0v) is 11.5. The van der Waals surface area contributed by atoms with Gasteiger partial charge in [-0.1, -0.05) is 18.2 Å². The summed E-state index contributed by atoms with van der Waals surface area (Å²) in [6.45, 7) is -0.933. The first-order valence-electron chi connectivity index (χ1n) is 5.99. The van der Waals surface area contributed by atoms with Gasteiger partial charge in [-0.2, -0.15) is 0 Å². The van der Waals surface area contributed by atoms with E-state index in [0.29, 0.717) is 10.9 Å². The summed E-state index contributed by atoms with van der Waals surface area (Å²) in [5.41, 5.74) is 0.296. The van der Waals surface area contributed by atoms with Gasteiger partial charge in [0.2, 0.25) is 0 Å². The highest BCUT2D eigenvalue weighted by Gasteiger charge is 2.46. The zero-order chi connectivity index (χ0) is 14.3. The van der Waals surface area contributed by atoms with E-state index in [-0.39, 0.29) is 18.2 Å². The Morgan fingerprint density at radius 1 is 1.19 bits per heavy atom. The Kier molecular flexibility index (Phi) is 3.91. The third kappa shape index (κ3) is 2.85. The van der Waals surface area contributed by atoms with Gasteiger partial charge in [-0.15, -0.1) is 12.4 Å². The average molecular weight is 316 g/mol. The quantitative estimate of drug-likeness (QED) is 0.848. The standard InChI is InChI=1S/C14H11F2NO3.ClH/c15-14(16)7-20-13(19)17-12(14)10-2-1-9-6-11(18)4-3-8(9)5-10;/h1-6,12,18H,7H2,(H,17,19);1H/t12-;/m0./s1. The Morgan fingerprint density at radius 2 is 1.86 bits per heavy atom. The topological polar surface area (TPSA) is 58.6 Å². The highest BCUT2D eigenvalue weighted by molar-refractivity contribution is 5.85. The molecule has 0 unspecified atom stereocenters. The third-order valence-electron chi connectivity index (χ3n) is 3.26. The maximum Gasteiger partial charge on any atom is 0.408 e. The van der Waals surface area contributed by atoms with Gasteiger partial charge in [0.05, 0.1) is 0 Å². The summed E-state index contributed by atoms with van der Waals surface area (Å²) in [5.74, 6) is -3.06. The number of carbonyl (C=O) groups excluding carboxylic acids is 1. The van der Waals surface area contributed by atoms with Crippen LogP contribution < -0.4 is 5.32 Å². The van der Waals surface area contributed by atoms with Crippen LogP contribution in [0, 0.1) is 0 Å². The Labute approximate surface area is 125 Å². The number of phenols is 1. The van der Waals surface area contributed by atoms with Gasteiger partial charge in [0, 0.05) is 0 Å². The van der Waals surface area contributed by atoms with Crippen LogP contribution in [-0.4, -0.2) is 23.7 Å². The lowest BCUT2D eigenvalue weighted by atomic mass is 9.97. The minimum atomic E-state index is -3.17. The molecule has 2 aromatic rings. The van der Waals surface area contributed by atoms with Crippen molar-refractivity contribution in [3.8, 4) is 5.75 Å². The number of nitrogens with one attached hydrogen (secondary N) is 1. The number of carbonyl (C=O) groups is 1. The molecule has 0 radical (unpaired) electrons. The van der Waals surface area contributed by atoms with Gasteiger partial charge in [-0.05, 0) is 34.5 Å². The Bertz CT molecular complexity index is 693. The number of benzene rings is 2. The molecule has 1 fully saturated rings. The molecular weight excluding hydrogens is 304 g/mol. The van der Waals surface area contributed by atoms with Crippen LogP contribution in [0.5, 0.6) is 5.75 Å². The zero-order valence-electron chi connectivity index (χ0n) is 10.7. The first kappa shape index (κ1) is 15.3. The minimum absolute atomic E-state index is 0. The monoisotopic (exact) mass is 315 g/mol. The van der Waals surface area contributed by atoms with Crippen molar-refractivity contribution < 1.29 is 23.4 Å². The molecule has 21 heavy (non-hydrogen) atoms. The van der Waals surface area contributed by atoms with Crippen molar-refractivity contribution >= 4 is 29.3 Å². The number of alkyl carbamates (subject to hydrolysis) is 1. The van der Waals surface area contributed by atoms with E-state index in [1.807, 2.05) is 0 Å². The van der Waals surface area contributed by atoms with Gasteiger partial charge >= 0.3 is 12.0 Å². The average Bonchev–Trinajstić information content (AvgIpc) is 2.41. The summed E-state index contributed by atoms with van der Waals surface area (Å²) in [4.78, 5) is 11.1. The fourth-order valence-electron chi connectivity index (χ4n) is 2.27. The van der Waals surface area contributed by atoms with Crippen LogP contribution in [0.25, 0.3) is 10.8 Å². The molecule has 0 aromatic heterocycles. The van der Waals surface area contributed by atoms with E-state index in [4.69, 9.17) is 0 Å². The maximum absolute atomic E-state index is 13.8. The number of ether oxygens (including phenoxy) is 1. The van der Waals surface area contributed by atoms with Gasteiger partial charge in [0.25, 0.3) is 0 Å². The molecule has 1 aliphatic heterocycles. The molecule has 0 aliphatic carbocycles. The second-order valence-corrected chi connectivity index (χ2v) is 4.71. The number of alkyl halides is 2.